The zero-order valence-corrected chi connectivity index (χ0v) is 8.98. The molecular weight excluding hydrogens is 218 g/mol. The predicted molar refractivity (Wildman–Crippen MR) is 57.1 cm³/mol. The minimum atomic E-state index is 0.467. The second-order valence-electron chi connectivity index (χ2n) is 2.48. The van der Waals surface area contributed by atoms with Crippen molar-refractivity contribution in [2.24, 2.45) is 0 Å². The summed E-state index contributed by atoms with van der Waals surface area (Å²) in [6, 6.07) is 1.85. The Morgan fingerprint density at radius 1 is 1.50 bits per heavy atom. The topological polar surface area (TPSA) is 50.8 Å². The van der Waals surface area contributed by atoms with Crippen LogP contribution in [0.5, 0.6) is 5.19 Å². The molecular formula is C8H7N3OS2. The quantitative estimate of drug-likeness (QED) is 0.797. The predicted octanol–water partition coefficient (Wildman–Crippen LogP) is 2.27. The van der Waals surface area contributed by atoms with Crippen LogP contribution >= 0.6 is 23.6 Å². The van der Waals surface area contributed by atoms with E-state index in [-0.39, 0.29) is 0 Å². The summed E-state index contributed by atoms with van der Waals surface area (Å²) >= 11 is 6.38. The SMILES string of the molecule is COc1ncc(-c2ccnc(=S)[nH]2)s1. The van der Waals surface area contributed by atoms with Gasteiger partial charge in [0.2, 0.25) is 0 Å². The van der Waals surface area contributed by atoms with Crippen molar-refractivity contribution in [3.8, 4) is 15.8 Å². The maximum atomic E-state index is 5.00. The third kappa shape index (κ3) is 1.80. The van der Waals surface area contributed by atoms with Gasteiger partial charge in [-0.3, -0.25) is 0 Å². The van der Waals surface area contributed by atoms with E-state index in [4.69, 9.17) is 17.0 Å². The molecule has 14 heavy (non-hydrogen) atoms. The summed E-state index contributed by atoms with van der Waals surface area (Å²) in [7, 11) is 1.59. The summed E-state index contributed by atoms with van der Waals surface area (Å²) < 4.78 is 5.47. The summed E-state index contributed by atoms with van der Waals surface area (Å²) in [4.78, 5) is 11.9. The van der Waals surface area contributed by atoms with E-state index < -0.39 is 0 Å². The molecule has 0 fully saturated rings. The molecule has 0 unspecified atom stereocenters. The molecule has 72 valence electrons. The van der Waals surface area contributed by atoms with Gasteiger partial charge in [0, 0.05) is 6.20 Å². The molecule has 0 atom stereocenters. The molecule has 0 spiro atoms. The van der Waals surface area contributed by atoms with E-state index in [1.165, 1.54) is 11.3 Å². The van der Waals surface area contributed by atoms with Gasteiger partial charge in [-0.1, -0.05) is 11.3 Å². The van der Waals surface area contributed by atoms with Crippen LogP contribution in [-0.4, -0.2) is 22.1 Å². The Morgan fingerprint density at radius 3 is 3.00 bits per heavy atom. The zero-order chi connectivity index (χ0) is 9.97. The third-order valence-electron chi connectivity index (χ3n) is 1.60. The van der Waals surface area contributed by atoms with Crippen LogP contribution < -0.4 is 4.74 Å². The first-order chi connectivity index (χ1) is 6.79. The molecule has 0 aliphatic carbocycles. The number of methoxy groups -OCH3 is 1. The van der Waals surface area contributed by atoms with Crippen molar-refractivity contribution in [3.05, 3.63) is 23.2 Å². The Labute approximate surface area is 89.6 Å². The van der Waals surface area contributed by atoms with E-state index in [1.54, 1.807) is 19.5 Å². The van der Waals surface area contributed by atoms with Gasteiger partial charge in [-0.15, -0.1) is 0 Å². The van der Waals surface area contributed by atoms with Gasteiger partial charge in [0.1, 0.15) is 0 Å². The number of nitrogens with one attached hydrogen (secondary N) is 1. The van der Waals surface area contributed by atoms with E-state index in [0.29, 0.717) is 9.96 Å². The van der Waals surface area contributed by atoms with Crippen molar-refractivity contribution in [3.63, 3.8) is 0 Å². The van der Waals surface area contributed by atoms with Crippen LogP contribution in [0.1, 0.15) is 0 Å². The number of rotatable bonds is 2. The lowest BCUT2D eigenvalue weighted by Gasteiger charge is -1.94. The van der Waals surface area contributed by atoms with Gasteiger partial charge in [-0.2, -0.15) is 0 Å². The minimum absolute atomic E-state index is 0.467. The van der Waals surface area contributed by atoms with Crippen LogP contribution in [-0.2, 0) is 0 Å². The first kappa shape index (κ1) is 9.29. The van der Waals surface area contributed by atoms with Crippen LogP contribution in [0.25, 0.3) is 10.6 Å². The summed E-state index contributed by atoms with van der Waals surface area (Å²) in [5, 5.41) is 0.635. The molecule has 0 radical (unpaired) electrons. The summed E-state index contributed by atoms with van der Waals surface area (Å²) in [5.41, 5.74) is 0.908. The number of thiazole rings is 1. The van der Waals surface area contributed by atoms with Crippen LogP contribution in [0.15, 0.2) is 18.5 Å². The van der Waals surface area contributed by atoms with Crippen LogP contribution in [0, 0.1) is 4.77 Å². The normalized spacial score (nSPS) is 10.1. The Morgan fingerprint density at radius 2 is 2.36 bits per heavy atom. The Balaban J connectivity index is 2.44. The van der Waals surface area contributed by atoms with Gasteiger partial charge < -0.3 is 9.72 Å². The monoisotopic (exact) mass is 225 g/mol. The number of nitrogens with zero attached hydrogens (tertiary/aromatic N) is 2. The van der Waals surface area contributed by atoms with E-state index >= 15 is 0 Å². The second-order valence-corrected chi connectivity index (χ2v) is 3.86. The lowest BCUT2D eigenvalue weighted by molar-refractivity contribution is 0.412. The summed E-state index contributed by atoms with van der Waals surface area (Å²) in [6.45, 7) is 0. The highest BCUT2D eigenvalue weighted by Crippen LogP contribution is 2.28. The Kier molecular flexibility index (Phi) is 2.55. The van der Waals surface area contributed by atoms with Gasteiger partial charge in [0.25, 0.3) is 5.19 Å². The van der Waals surface area contributed by atoms with Crippen molar-refractivity contribution in [1.82, 2.24) is 15.0 Å². The summed E-state index contributed by atoms with van der Waals surface area (Å²) in [5.74, 6) is 0. The fourth-order valence-electron chi connectivity index (χ4n) is 0.989. The molecule has 0 aromatic carbocycles. The molecule has 0 aliphatic heterocycles. The standard InChI is InChI=1S/C8H7N3OS2/c1-12-8-10-4-6(14-8)5-2-3-9-7(13)11-5/h2-4H,1H3,(H,9,11,13). The second kappa shape index (κ2) is 3.85. The maximum absolute atomic E-state index is 5.00. The molecule has 2 aromatic heterocycles. The van der Waals surface area contributed by atoms with Crippen molar-refractivity contribution >= 4 is 23.6 Å². The molecule has 4 nitrogen and oxygen atoms in total. The van der Waals surface area contributed by atoms with Crippen molar-refractivity contribution in [2.45, 2.75) is 0 Å². The number of H-pyrrole nitrogens is 1. The molecule has 6 heteroatoms. The highest BCUT2D eigenvalue weighted by molar-refractivity contribution is 7.71. The number of aromatic nitrogens is 3. The number of hydrogen-bond donors (Lipinski definition) is 1. The van der Waals surface area contributed by atoms with Crippen molar-refractivity contribution < 1.29 is 4.74 Å². The van der Waals surface area contributed by atoms with Gasteiger partial charge in [-0.25, -0.2) is 9.97 Å². The van der Waals surface area contributed by atoms with E-state index in [0.717, 1.165) is 10.6 Å². The molecule has 2 aromatic rings. The average Bonchev–Trinajstić information content (AvgIpc) is 2.66. The zero-order valence-electron chi connectivity index (χ0n) is 7.35. The van der Waals surface area contributed by atoms with Gasteiger partial charge in [0.15, 0.2) is 4.77 Å². The van der Waals surface area contributed by atoms with Crippen molar-refractivity contribution in [1.29, 1.82) is 0 Å². The maximum Gasteiger partial charge on any atom is 0.273 e. The Hall–Kier alpha value is -1.27. The first-order valence-electron chi connectivity index (χ1n) is 3.85. The third-order valence-corrected chi connectivity index (χ3v) is 2.80. The Bertz CT molecular complexity index is 491. The van der Waals surface area contributed by atoms with E-state index in [9.17, 15) is 0 Å². The fraction of sp³-hybridized carbons (Fsp3) is 0.125. The fourth-order valence-corrected chi connectivity index (χ4v) is 1.87. The molecule has 0 bridgehead atoms. The number of hydrogen-bond acceptors (Lipinski definition) is 5. The number of ether oxygens (including phenoxy) is 1. The van der Waals surface area contributed by atoms with E-state index in [2.05, 4.69) is 15.0 Å². The number of aromatic amines is 1. The van der Waals surface area contributed by atoms with Crippen LogP contribution in [0.3, 0.4) is 0 Å². The molecule has 0 saturated heterocycles. The highest BCUT2D eigenvalue weighted by Gasteiger charge is 2.03. The van der Waals surface area contributed by atoms with Crippen LogP contribution in [0.4, 0.5) is 0 Å². The largest absolute Gasteiger partial charge is 0.473 e. The van der Waals surface area contributed by atoms with Gasteiger partial charge in [-0.05, 0) is 18.3 Å². The minimum Gasteiger partial charge on any atom is -0.473 e. The molecule has 1 N–H and O–H groups in total. The van der Waals surface area contributed by atoms with E-state index in [1.807, 2.05) is 6.07 Å². The molecule has 2 heterocycles. The molecule has 0 aliphatic rings. The van der Waals surface area contributed by atoms with Crippen LogP contribution in [0.2, 0.25) is 0 Å². The van der Waals surface area contributed by atoms with Gasteiger partial charge in [0.05, 0.1) is 23.9 Å². The summed E-state index contributed by atoms with van der Waals surface area (Å²) in [6.07, 6.45) is 3.41. The molecule has 0 saturated carbocycles. The van der Waals surface area contributed by atoms with Crippen molar-refractivity contribution in [2.75, 3.05) is 7.11 Å². The lowest BCUT2D eigenvalue weighted by atomic mass is 10.4. The lowest BCUT2D eigenvalue weighted by Crippen LogP contribution is -1.82. The first-order valence-corrected chi connectivity index (χ1v) is 5.07. The van der Waals surface area contributed by atoms with Gasteiger partial charge >= 0.3 is 0 Å². The average molecular weight is 225 g/mol. The highest BCUT2D eigenvalue weighted by atomic mass is 32.1. The smallest absolute Gasteiger partial charge is 0.273 e. The molecule has 0 amide bonds. The molecule has 2 rings (SSSR count).